The van der Waals surface area contributed by atoms with E-state index in [0.717, 1.165) is 38.5 Å². The molecule has 4 heterocycles. The van der Waals surface area contributed by atoms with E-state index in [-0.39, 0.29) is 234 Å². The molecule has 4 saturated heterocycles. The van der Waals surface area contributed by atoms with Gasteiger partial charge in [-0.05, 0) is 44.9 Å². The van der Waals surface area contributed by atoms with E-state index < -0.39 is 171 Å². The van der Waals surface area contributed by atoms with Crippen LogP contribution in [0.3, 0.4) is 0 Å². The van der Waals surface area contributed by atoms with Gasteiger partial charge in [-0.15, -0.1) is 0 Å². The Kier molecular flexibility index (Phi) is 57.7. The Bertz CT molecular complexity index is 2670. The molecule has 9 amide bonds. The number of hydrogen-bond acceptors (Lipinski definition) is 35. The number of rotatable bonds is 69. The molecule has 17 atom stereocenters. The summed E-state index contributed by atoms with van der Waals surface area (Å²) in [7, 11) is 0. The summed E-state index contributed by atoms with van der Waals surface area (Å²) < 4.78 is 84.0. The standard InChI is InChI=1S/C78H141N9O35/c1-52(92)83-66-72(105)69(102)57(49-89)120-75(66)117-43-40-114-37-34-111-31-28-108-25-22-79-61(97)16-19-78(86-64(100)46-82-60(96)12-10-8-6-4-5-7-9-11-13-65(101)87-47-56(95)15-14-55(87)48-88,20-17-62(98)80-23-26-109-29-32-112-35-38-115-41-44-118-76-67(84-53(2)93)73(106)70(103)58(50-90)121-76)21-18-63(99)81-24-27-110-30-33-113-36-39-116-42-45-119-77-68(85-54(3)94)74(107)71(104)59(51-91)122-77/h55-59,66-77,88-91,95,102-107H,4-51H2,1-3H3,(H,79,97)(H,80,98)(H,81,99)(H,82,96)(H,83,92)(H,84,93)(H,85,94)(H,86,100)/t55-,56-,57?,58?,59?,66?,67?,68?,69?,70?,71?,72?,73?,74?,75?,76?,77?,78?/m1/s1. The normalized spacial score (nSPS) is 25.3. The van der Waals surface area contributed by atoms with Gasteiger partial charge in [0.2, 0.25) is 53.2 Å². The van der Waals surface area contributed by atoms with Crippen molar-refractivity contribution in [3.05, 3.63) is 0 Å². The second kappa shape index (κ2) is 64.8. The molecule has 0 aromatic carbocycles. The number of aliphatic hydroxyl groups excluding tert-OH is 11. The molecule has 0 aromatic heterocycles. The fourth-order valence-electron chi connectivity index (χ4n) is 13.7. The van der Waals surface area contributed by atoms with Crippen molar-refractivity contribution in [2.24, 2.45) is 0 Å². The van der Waals surface area contributed by atoms with E-state index in [2.05, 4.69) is 42.5 Å². The van der Waals surface area contributed by atoms with Crippen molar-refractivity contribution in [1.29, 1.82) is 0 Å². The number of nitrogens with zero attached hydrogens (tertiary/aromatic N) is 1. The zero-order valence-electron chi connectivity index (χ0n) is 70.9. The van der Waals surface area contributed by atoms with Crippen LogP contribution in [0.25, 0.3) is 0 Å². The molecule has 0 spiro atoms. The van der Waals surface area contributed by atoms with E-state index in [1.54, 1.807) is 4.90 Å². The molecule has 15 unspecified atom stereocenters. The van der Waals surface area contributed by atoms with Crippen molar-refractivity contribution < 1.29 is 170 Å². The highest BCUT2D eigenvalue weighted by Crippen LogP contribution is 2.29. The van der Waals surface area contributed by atoms with Crippen LogP contribution in [-0.4, -0.2) is 422 Å². The number of ether oxygens (including phenoxy) is 15. The number of aliphatic hydroxyl groups is 11. The first-order valence-corrected chi connectivity index (χ1v) is 42.5. The highest BCUT2D eigenvalue weighted by Gasteiger charge is 2.48. The van der Waals surface area contributed by atoms with Gasteiger partial charge in [-0.25, -0.2) is 0 Å². The summed E-state index contributed by atoms with van der Waals surface area (Å²) in [6.45, 7) is 4.15. The zero-order valence-corrected chi connectivity index (χ0v) is 70.9. The Morgan fingerprint density at radius 1 is 0.344 bits per heavy atom. The quantitative estimate of drug-likeness (QED) is 0.0252. The Labute approximate surface area is 712 Å². The molecule has 122 heavy (non-hydrogen) atoms. The number of carbonyl (C=O) groups excluding carboxylic acids is 9. The summed E-state index contributed by atoms with van der Waals surface area (Å²) in [5, 5.41) is 132. The summed E-state index contributed by atoms with van der Waals surface area (Å²) in [6.07, 6.45) is -8.86. The minimum Gasteiger partial charge on any atom is -0.394 e. The molecule has 4 aliphatic rings. The van der Waals surface area contributed by atoms with Crippen molar-refractivity contribution in [2.45, 2.75) is 246 Å². The summed E-state index contributed by atoms with van der Waals surface area (Å²) >= 11 is 0. The van der Waals surface area contributed by atoms with Gasteiger partial charge in [0.05, 0.1) is 184 Å². The van der Waals surface area contributed by atoms with Crippen LogP contribution < -0.4 is 42.5 Å². The third-order valence-corrected chi connectivity index (χ3v) is 20.3. The lowest BCUT2D eigenvalue weighted by atomic mass is 9.83. The number of hydrogen-bond donors (Lipinski definition) is 19. The lowest BCUT2D eigenvalue weighted by Gasteiger charge is -2.42. The van der Waals surface area contributed by atoms with Gasteiger partial charge < -0.3 is 175 Å². The highest BCUT2D eigenvalue weighted by molar-refractivity contribution is 5.85. The van der Waals surface area contributed by atoms with Crippen molar-refractivity contribution in [2.75, 3.05) is 198 Å². The first-order chi connectivity index (χ1) is 58.8. The number of amides is 9. The van der Waals surface area contributed by atoms with Crippen LogP contribution in [0.5, 0.6) is 0 Å². The van der Waals surface area contributed by atoms with Gasteiger partial charge in [-0.3, -0.25) is 43.2 Å². The fraction of sp³-hybridized carbons (Fsp3) is 0.885. The second-order valence-corrected chi connectivity index (χ2v) is 30.0. The van der Waals surface area contributed by atoms with E-state index >= 15 is 0 Å². The van der Waals surface area contributed by atoms with Gasteiger partial charge in [0.15, 0.2) is 18.9 Å². The molecular weight excluding hydrogens is 1620 g/mol. The number of piperidine rings is 1. The number of likely N-dealkylation sites (tertiary alicyclic amines) is 1. The smallest absolute Gasteiger partial charge is 0.239 e. The lowest BCUT2D eigenvalue weighted by molar-refractivity contribution is -0.272. The maximum Gasteiger partial charge on any atom is 0.239 e. The zero-order chi connectivity index (χ0) is 89.3. The van der Waals surface area contributed by atoms with E-state index in [1.807, 2.05) is 0 Å². The molecule has 0 aliphatic carbocycles. The Hall–Kier alpha value is -5.81. The van der Waals surface area contributed by atoms with Gasteiger partial charge in [0.25, 0.3) is 0 Å². The van der Waals surface area contributed by atoms with Crippen molar-refractivity contribution in [3.8, 4) is 0 Å². The first kappa shape index (κ1) is 109. The molecule has 708 valence electrons. The average Bonchev–Trinajstić information content (AvgIpc) is 0.817. The van der Waals surface area contributed by atoms with Crippen molar-refractivity contribution in [3.63, 3.8) is 0 Å². The molecule has 0 bridgehead atoms. The van der Waals surface area contributed by atoms with Gasteiger partial charge >= 0.3 is 0 Å². The SMILES string of the molecule is CC(=O)NC1C(OCCOCCOCCOCCNC(=O)CCC(CCC(=O)NCCOCCOCCOCCOC2OC(CO)C(O)C(O)C2NC(C)=O)(CCC(=O)NCCOCCOCCOCCOC2OC(CO)C(O)C(O)C2NC(C)=O)NC(=O)CNC(=O)CCCCCCCCCCC(=O)N2C[C@H](O)CC[C@@H]2CO)OC(CO)C(O)C1O. The molecule has 4 rings (SSSR count). The largest absolute Gasteiger partial charge is 0.394 e. The van der Waals surface area contributed by atoms with Crippen LogP contribution in [0.1, 0.15) is 136 Å². The highest BCUT2D eigenvalue weighted by atomic mass is 16.7. The summed E-state index contributed by atoms with van der Waals surface area (Å²) in [5.41, 5.74) is -1.38. The monoisotopic (exact) mass is 1760 g/mol. The number of unbranched alkanes of at least 4 members (excludes halogenated alkanes) is 7. The van der Waals surface area contributed by atoms with Crippen LogP contribution in [-0.2, 0) is 114 Å². The minimum absolute atomic E-state index is 0.0255. The van der Waals surface area contributed by atoms with Crippen LogP contribution in [0.4, 0.5) is 0 Å². The maximum absolute atomic E-state index is 14.1. The number of nitrogens with one attached hydrogen (secondary N) is 8. The summed E-state index contributed by atoms with van der Waals surface area (Å²) in [6, 6.07) is -3.56. The van der Waals surface area contributed by atoms with Gasteiger partial charge in [0, 0.05) is 84.6 Å². The molecule has 44 nitrogen and oxygen atoms in total. The van der Waals surface area contributed by atoms with Crippen LogP contribution >= 0.6 is 0 Å². The van der Waals surface area contributed by atoms with Gasteiger partial charge in [-0.2, -0.15) is 0 Å². The van der Waals surface area contributed by atoms with Gasteiger partial charge in [0.1, 0.15) is 73.1 Å². The van der Waals surface area contributed by atoms with Crippen molar-refractivity contribution in [1.82, 2.24) is 47.4 Å². The Balaban J connectivity index is 1.28. The predicted octanol–water partition coefficient (Wildman–Crippen LogP) is -7.08. The summed E-state index contributed by atoms with van der Waals surface area (Å²) in [5.74, 6) is -3.87. The van der Waals surface area contributed by atoms with Gasteiger partial charge in [-0.1, -0.05) is 38.5 Å². The van der Waals surface area contributed by atoms with E-state index in [9.17, 15) is 99.3 Å². The van der Waals surface area contributed by atoms with Crippen LogP contribution in [0.2, 0.25) is 0 Å². The maximum atomic E-state index is 14.1. The van der Waals surface area contributed by atoms with E-state index in [1.165, 1.54) is 20.8 Å². The Morgan fingerprint density at radius 3 is 0.951 bits per heavy atom. The number of β-amino-alcohol motifs (C(OH)–C–C–N with tert-alkyl or cyclic N) is 1. The minimum atomic E-state index is -1.46. The predicted molar refractivity (Wildman–Crippen MR) is 426 cm³/mol. The first-order valence-electron chi connectivity index (χ1n) is 42.5. The Morgan fingerprint density at radius 2 is 0.639 bits per heavy atom. The van der Waals surface area contributed by atoms with Crippen molar-refractivity contribution >= 4 is 53.2 Å². The van der Waals surface area contributed by atoms with E-state index in [0.29, 0.717) is 32.1 Å². The van der Waals surface area contributed by atoms with Crippen LogP contribution in [0, 0.1) is 0 Å². The molecule has 0 radical (unpaired) electrons. The lowest BCUT2D eigenvalue weighted by Crippen LogP contribution is -2.64. The molecule has 4 fully saturated rings. The molecule has 4 aliphatic heterocycles. The fourth-order valence-corrected chi connectivity index (χ4v) is 13.7. The summed E-state index contributed by atoms with van der Waals surface area (Å²) in [4.78, 5) is 118. The second-order valence-electron chi connectivity index (χ2n) is 30.0. The molecule has 0 aromatic rings. The third kappa shape index (κ3) is 45.1. The topological polar surface area (TPSA) is 614 Å². The molecule has 44 heteroatoms. The number of carbonyl (C=O) groups is 9. The third-order valence-electron chi connectivity index (χ3n) is 20.3. The molecule has 0 saturated carbocycles. The van der Waals surface area contributed by atoms with Crippen LogP contribution in [0.15, 0.2) is 0 Å². The average molecular weight is 1770 g/mol. The molecular formula is C78H141N9O35. The van der Waals surface area contributed by atoms with E-state index in [4.69, 9.17) is 71.1 Å². The molecule has 19 N–H and O–H groups in total.